The molecule has 2 amide bonds. The van der Waals surface area contributed by atoms with E-state index in [1.165, 1.54) is 0 Å². The number of hydrogen-bond donors (Lipinski definition) is 2. The predicted octanol–water partition coefficient (Wildman–Crippen LogP) is 2.56. The van der Waals surface area contributed by atoms with Crippen molar-refractivity contribution in [3.63, 3.8) is 0 Å². The van der Waals surface area contributed by atoms with Crippen molar-refractivity contribution in [2.75, 3.05) is 39.8 Å². The zero-order valence-electron chi connectivity index (χ0n) is 19.4. The lowest BCUT2D eigenvalue weighted by Crippen LogP contribution is -2.60. The third-order valence-electron chi connectivity index (χ3n) is 9.34. The first kappa shape index (κ1) is 23.1. The van der Waals surface area contributed by atoms with Crippen LogP contribution in [0.4, 0.5) is 0 Å². The van der Waals surface area contributed by atoms with Crippen LogP contribution in [0.3, 0.4) is 0 Å². The van der Waals surface area contributed by atoms with Gasteiger partial charge in [0.2, 0.25) is 11.8 Å². The average molecular weight is 515 g/mol. The lowest BCUT2D eigenvalue weighted by molar-refractivity contribution is -0.151. The molecule has 1 spiro atoms. The van der Waals surface area contributed by atoms with E-state index in [0.717, 1.165) is 62.0 Å². The smallest absolute Gasteiger partial charge is 0.225 e. The topological polar surface area (TPSA) is 92.7 Å². The Morgan fingerprint density at radius 3 is 2.09 bits per heavy atom. The quantitative estimate of drug-likeness (QED) is 0.521. The summed E-state index contributed by atoms with van der Waals surface area (Å²) in [4.78, 5) is 31.8. The van der Waals surface area contributed by atoms with Gasteiger partial charge in [-0.25, -0.2) is 0 Å². The fourth-order valence-electron chi connectivity index (χ4n) is 7.61. The second-order valence-electron chi connectivity index (χ2n) is 10.8. The Hall–Kier alpha value is -1.70. The third-order valence-corrected chi connectivity index (χ3v) is 9.87. The van der Waals surface area contributed by atoms with Gasteiger partial charge in [0.15, 0.2) is 0 Å². The van der Waals surface area contributed by atoms with Crippen LogP contribution >= 0.6 is 15.9 Å². The van der Waals surface area contributed by atoms with Crippen LogP contribution in [0.1, 0.15) is 31.2 Å². The number of allylic oxidation sites excluding steroid dienone is 2. The van der Waals surface area contributed by atoms with E-state index in [-0.39, 0.29) is 29.1 Å². The molecule has 4 aliphatic rings. The van der Waals surface area contributed by atoms with Crippen LogP contribution in [0.5, 0.6) is 0 Å². The number of carbonyl (C=O) groups excluding carboxylic acids is 2. The maximum Gasteiger partial charge on any atom is 0.225 e. The van der Waals surface area contributed by atoms with E-state index in [1.807, 2.05) is 24.3 Å². The Bertz CT molecular complexity index is 967. The summed E-state index contributed by atoms with van der Waals surface area (Å²) in [5, 5.41) is 0. The normalized spacial score (nSPS) is 34.7. The van der Waals surface area contributed by atoms with E-state index < -0.39 is 10.8 Å². The van der Waals surface area contributed by atoms with Crippen molar-refractivity contribution in [2.45, 2.75) is 32.1 Å². The van der Waals surface area contributed by atoms with Gasteiger partial charge in [0.1, 0.15) is 0 Å². The number of primary amides is 2. The van der Waals surface area contributed by atoms with Crippen LogP contribution < -0.4 is 11.5 Å². The fourth-order valence-corrected chi connectivity index (χ4v) is 7.87. The zero-order chi connectivity index (χ0) is 23.4. The first-order valence-corrected chi connectivity index (χ1v) is 13.0. The van der Waals surface area contributed by atoms with Crippen LogP contribution in [0.15, 0.2) is 40.9 Å². The van der Waals surface area contributed by atoms with Crippen molar-refractivity contribution in [3.8, 4) is 0 Å². The highest BCUT2D eigenvalue weighted by Gasteiger charge is 2.81. The van der Waals surface area contributed by atoms with Crippen molar-refractivity contribution in [3.05, 3.63) is 46.5 Å². The second-order valence-corrected chi connectivity index (χ2v) is 11.7. The first-order chi connectivity index (χ1) is 15.8. The van der Waals surface area contributed by atoms with E-state index >= 15 is 0 Å². The highest BCUT2D eigenvalue weighted by atomic mass is 79.9. The number of rotatable bonds is 8. The monoisotopic (exact) mass is 514 g/mol. The Balaban J connectivity index is 1.50. The van der Waals surface area contributed by atoms with Gasteiger partial charge in [0, 0.05) is 30.7 Å². The van der Waals surface area contributed by atoms with Crippen molar-refractivity contribution in [1.29, 1.82) is 0 Å². The minimum atomic E-state index is -0.981. The largest absolute Gasteiger partial charge is 0.369 e. The van der Waals surface area contributed by atoms with Crippen molar-refractivity contribution in [1.82, 2.24) is 9.80 Å². The molecule has 3 aliphatic carbocycles. The van der Waals surface area contributed by atoms with Crippen molar-refractivity contribution in [2.24, 2.45) is 39.5 Å². The summed E-state index contributed by atoms with van der Waals surface area (Å²) in [5.74, 6) is -0.734. The molecule has 3 fully saturated rings. The standard InChI is InChI=1S/C26H35BrN4O2/c1-30-13-15-31(16-14-30)12-2-9-25(22(28)32)20-7-8-21(24(20)10-11-24)26(25,23(29)33)17-18-3-5-19(27)6-4-18/h3-8,20-21H,2,9-17H2,1H3,(H2,28,32)(H2,29,33)/t20-,21+,25+,26+/m1/s1. The van der Waals surface area contributed by atoms with E-state index in [2.05, 4.69) is 44.9 Å². The molecule has 0 radical (unpaired) electrons. The number of halogens is 1. The Morgan fingerprint density at radius 1 is 0.970 bits per heavy atom. The molecule has 7 heteroatoms. The second kappa shape index (κ2) is 8.21. The number of amides is 2. The van der Waals surface area contributed by atoms with Crippen molar-refractivity contribution < 1.29 is 9.59 Å². The van der Waals surface area contributed by atoms with Crippen LogP contribution in [0.2, 0.25) is 0 Å². The minimum Gasteiger partial charge on any atom is -0.369 e. The van der Waals surface area contributed by atoms with E-state index in [1.54, 1.807) is 0 Å². The lowest BCUT2D eigenvalue weighted by Gasteiger charge is -2.48. The molecule has 1 aromatic rings. The van der Waals surface area contributed by atoms with E-state index in [9.17, 15) is 9.59 Å². The summed E-state index contributed by atoms with van der Waals surface area (Å²) in [6, 6.07) is 8.03. The molecule has 0 aromatic heterocycles. The molecule has 33 heavy (non-hydrogen) atoms. The summed E-state index contributed by atoms with van der Waals surface area (Å²) in [6.45, 7) is 5.12. The van der Waals surface area contributed by atoms with E-state index in [4.69, 9.17) is 11.5 Å². The molecule has 1 heterocycles. The maximum atomic E-state index is 13.5. The number of nitrogens with zero attached hydrogens (tertiary/aromatic N) is 2. The predicted molar refractivity (Wildman–Crippen MR) is 132 cm³/mol. The summed E-state index contributed by atoms with van der Waals surface area (Å²) in [7, 11) is 2.15. The van der Waals surface area contributed by atoms with Gasteiger partial charge in [0.25, 0.3) is 0 Å². The molecular weight excluding hydrogens is 480 g/mol. The highest BCUT2D eigenvalue weighted by molar-refractivity contribution is 9.10. The van der Waals surface area contributed by atoms with Crippen LogP contribution in [0.25, 0.3) is 0 Å². The maximum absolute atomic E-state index is 13.5. The highest BCUT2D eigenvalue weighted by Crippen LogP contribution is 2.81. The van der Waals surface area contributed by atoms with E-state index in [0.29, 0.717) is 12.8 Å². The molecule has 2 saturated carbocycles. The summed E-state index contributed by atoms with van der Waals surface area (Å²) < 4.78 is 0.985. The molecule has 6 nitrogen and oxygen atoms in total. The van der Waals surface area contributed by atoms with Gasteiger partial charge in [-0.1, -0.05) is 40.2 Å². The van der Waals surface area contributed by atoms with Gasteiger partial charge < -0.3 is 21.3 Å². The summed E-state index contributed by atoms with van der Waals surface area (Å²) in [6.07, 6.45) is 8.37. The molecule has 2 bridgehead atoms. The number of likely N-dealkylation sites (N-methyl/N-ethyl adjacent to an activating group) is 1. The van der Waals surface area contributed by atoms with Crippen LogP contribution in [-0.4, -0.2) is 61.4 Å². The molecule has 178 valence electrons. The fraction of sp³-hybridized carbons (Fsp3) is 0.615. The van der Waals surface area contributed by atoms with Crippen LogP contribution in [0, 0.1) is 28.1 Å². The Kier molecular flexibility index (Phi) is 5.73. The molecule has 0 unspecified atom stereocenters. The summed E-state index contributed by atoms with van der Waals surface area (Å²) >= 11 is 3.50. The number of hydrogen-bond acceptors (Lipinski definition) is 4. The molecule has 1 aliphatic heterocycles. The van der Waals surface area contributed by atoms with Crippen molar-refractivity contribution >= 4 is 27.7 Å². The lowest BCUT2D eigenvalue weighted by atomic mass is 9.53. The molecule has 5 rings (SSSR count). The number of nitrogens with two attached hydrogens (primary N) is 2. The van der Waals surface area contributed by atoms with Crippen LogP contribution in [-0.2, 0) is 16.0 Å². The summed E-state index contributed by atoms with van der Waals surface area (Å²) in [5.41, 5.74) is 11.7. The first-order valence-electron chi connectivity index (χ1n) is 12.2. The van der Waals surface area contributed by atoms with Gasteiger partial charge in [0.05, 0.1) is 10.8 Å². The third kappa shape index (κ3) is 3.34. The van der Waals surface area contributed by atoms with Gasteiger partial charge in [-0.15, -0.1) is 0 Å². The minimum absolute atomic E-state index is 0.00272. The molecule has 4 N–H and O–H groups in total. The molecule has 1 aromatic carbocycles. The van der Waals surface area contributed by atoms with Gasteiger partial charge in [-0.3, -0.25) is 9.59 Å². The Morgan fingerprint density at radius 2 is 1.55 bits per heavy atom. The van der Waals surface area contributed by atoms with Gasteiger partial charge >= 0.3 is 0 Å². The molecule has 1 saturated heterocycles. The average Bonchev–Trinajstić information content (AvgIpc) is 3.45. The molecular formula is C26H35BrN4O2. The molecule has 4 atom stereocenters. The number of benzene rings is 1. The SMILES string of the molecule is CN1CCN(CCC[C@@]2(C(N)=O)[C@@H]3C=C[C@@H](C34CC4)[C@@]2(Cc2ccc(Br)cc2)C(N)=O)CC1. The van der Waals surface area contributed by atoms with Gasteiger partial charge in [-0.05, 0) is 80.6 Å². The van der Waals surface area contributed by atoms with Gasteiger partial charge in [-0.2, -0.15) is 0 Å². The Labute approximate surface area is 204 Å². The number of carbonyl (C=O) groups is 2. The zero-order valence-corrected chi connectivity index (χ0v) is 21.0. The number of piperazine rings is 1.